The van der Waals surface area contributed by atoms with Crippen LogP contribution in [-0.4, -0.2) is 47.0 Å². The molecule has 1 aliphatic heterocycles. The van der Waals surface area contributed by atoms with E-state index in [1.807, 2.05) is 12.1 Å². The number of azo groups is 1. The summed E-state index contributed by atoms with van der Waals surface area (Å²) in [6.07, 6.45) is 11.1. The van der Waals surface area contributed by atoms with E-state index in [1.54, 1.807) is 24.0 Å². The molecular formula is C34H53N5O2. The highest BCUT2D eigenvalue weighted by Gasteiger charge is 2.25. The summed E-state index contributed by atoms with van der Waals surface area (Å²) in [7, 11) is 0. The molecule has 41 heavy (non-hydrogen) atoms. The van der Waals surface area contributed by atoms with Gasteiger partial charge in [-0.2, -0.15) is 10.4 Å². The third-order valence-electron chi connectivity index (χ3n) is 8.30. The first kappa shape index (κ1) is 34.1. The molecule has 2 rings (SSSR count). The predicted molar refractivity (Wildman–Crippen MR) is 168 cm³/mol. The van der Waals surface area contributed by atoms with Crippen molar-refractivity contribution in [2.24, 2.45) is 22.1 Å². The fraction of sp³-hybridized carbons (Fsp3) is 0.647. The summed E-state index contributed by atoms with van der Waals surface area (Å²) < 4.78 is 0. The number of carbonyl (C=O) groups excluding carboxylic acids is 1. The molecule has 0 spiro atoms. The van der Waals surface area contributed by atoms with Gasteiger partial charge < -0.3 is 14.9 Å². The van der Waals surface area contributed by atoms with E-state index in [0.29, 0.717) is 53.0 Å². The lowest BCUT2D eigenvalue weighted by Crippen LogP contribution is -2.39. The van der Waals surface area contributed by atoms with Crippen molar-refractivity contribution in [1.29, 1.82) is 5.26 Å². The standard InChI is InChI=1S/C34H53N5O2/c1-7-12-15-27(10-4)23-39(24-28(11-5)16-13-8-2)33(40)29-17-19-31(20-18-29)36-37-32-26(6)30(22-35)25-38(34(32)41)21-14-9-3/h17-20,27-28,41H,7-16,21,23-25H2,1-6H3/b37-36+. The quantitative estimate of drug-likeness (QED) is 0.180. The Bertz CT molecular complexity index is 1070. The van der Waals surface area contributed by atoms with Gasteiger partial charge in [0.05, 0.1) is 23.9 Å². The molecule has 0 saturated carbocycles. The highest BCUT2D eigenvalue weighted by atomic mass is 16.3. The molecule has 1 aliphatic rings. The van der Waals surface area contributed by atoms with Gasteiger partial charge in [-0.3, -0.25) is 4.79 Å². The van der Waals surface area contributed by atoms with Crippen LogP contribution in [0, 0.1) is 23.2 Å². The van der Waals surface area contributed by atoms with Crippen LogP contribution in [0.4, 0.5) is 5.69 Å². The molecule has 1 N–H and O–H groups in total. The van der Waals surface area contributed by atoms with Gasteiger partial charge in [0, 0.05) is 25.2 Å². The van der Waals surface area contributed by atoms with E-state index in [1.165, 1.54) is 25.7 Å². The maximum Gasteiger partial charge on any atom is 0.253 e. The fourth-order valence-corrected chi connectivity index (χ4v) is 5.28. The Kier molecular flexibility index (Phi) is 15.2. The molecule has 1 amide bonds. The van der Waals surface area contributed by atoms with Gasteiger partial charge in [0.25, 0.3) is 5.91 Å². The smallest absolute Gasteiger partial charge is 0.253 e. The monoisotopic (exact) mass is 563 g/mol. The van der Waals surface area contributed by atoms with Gasteiger partial charge in [0.2, 0.25) is 5.88 Å². The zero-order valence-corrected chi connectivity index (χ0v) is 26.5. The lowest BCUT2D eigenvalue weighted by Gasteiger charge is -2.31. The first-order valence-corrected chi connectivity index (χ1v) is 15.9. The van der Waals surface area contributed by atoms with Crippen molar-refractivity contribution in [2.45, 2.75) is 106 Å². The van der Waals surface area contributed by atoms with Crippen molar-refractivity contribution >= 4 is 11.6 Å². The second-order valence-corrected chi connectivity index (χ2v) is 11.5. The Morgan fingerprint density at radius 2 is 1.51 bits per heavy atom. The SMILES string of the molecule is CCCCC(CC)CN(CC(CC)CCCC)C(=O)c1ccc(/N=N/C2=C(O)N(CCCC)CC(C#N)=C2C)cc1. The minimum Gasteiger partial charge on any atom is -0.493 e. The predicted octanol–water partition coefficient (Wildman–Crippen LogP) is 9.33. The number of aliphatic hydroxyl groups is 1. The third kappa shape index (κ3) is 10.3. The van der Waals surface area contributed by atoms with E-state index in [-0.39, 0.29) is 11.8 Å². The molecule has 0 saturated heterocycles. The van der Waals surface area contributed by atoms with Crippen LogP contribution in [-0.2, 0) is 0 Å². The van der Waals surface area contributed by atoms with Gasteiger partial charge in [-0.15, -0.1) is 5.11 Å². The largest absolute Gasteiger partial charge is 0.493 e. The first-order valence-electron chi connectivity index (χ1n) is 15.9. The summed E-state index contributed by atoms with van der Waals surface area (Å²) in [6.45, 7) is 15.4. The van der Waals surface area contributed by atoms with Gasteiger partial charge in [-0.25, -0.2) is 0 Å². The van der Waals surface area contributed by atoms with Gasteiger partial charge in [0.1, 0.15) is 5.70 Å². The van der Waals surface area contributed by atoms with Gasteiger partial charge in [-0.05, 0) is 67.9 Å². The summed E-state index contributed by atoms with van der Waals surface area (Å²) in [5, 5.41) is 29.2. The van der Waals surface area contributed by atoms with Crippen molar-refractivity contribution in [1.82, 2.24) is 9.80 Å². The minimum atomic E-state index is 0.0586. The van der Waals surface area contributed by atoms with Crippen LogP contribution < -0.4 is 0 Å². The maximum atomic E-state index is 13.8. The molecule has 0 radical (unpaired) electrons. The van der Waals surface area contributed by atoms with E-state index in [9.17, 15) is 15.2 Å². The third-order valence-corrected chi connectivity index (χ3v) is 8.30. The van der Waals surface area contributed by atoms with Crippen LogP contribution in [0.15, 0.2) is 57.2 Å². The van der Waals surface area contributed by atoms with Crippen LogP contribution in [0.25, 0.3) is 0 Å². The lowest BCUT2D eigenvalue weighted by atomic mass is 9.95. The Morgan fingerprint density at radius 3 is 2.00 bits per heavy atom. The maximum absolute atomic E-state index is 13.8. The van der Waals surface area contributed by atoms with E-state index in [0.717, 1.165) is 51.6 Å². The average molecular weight is 564 g/mol. The number of benzene rings is 1. The van der Waals surface area contributed by atoms with Crippen molar-refractivity contribution in [2.75, 3.05) is 26.2 Å². The number of nitriles is 1. The average Bonchev–Trinajstić information content (AvgIpc) is 2.99. The molecule has 1 aromatic carbocycles. The summed E-state index contributed by atoms with van der Waals surface area (Å²) in [6, 6.07) is 9.51. The Morgan fingerprint density at radius 1 is 0.951 bits per heavy atom. The van der Waals surface area contributed by atoms with Gasteiger partial charge in [0.15, 0.2) is 0 Å². The number of aliphatic hydroxyl groups excluding tert-OH is 1. The molecule has 2 atom stereocenters. The fourth-order valence-electron chi connectivity index (χ4n) is 5.28. The molecule has 0 bridgehead atoms. The normalized spacial score (nSPS) is 15.4. The molecule has 0 fully saturated rings. The second-order valence-electron chi connectivity index (χ2n) is 11.5. The van der Waals surface area contributed by atoms with Crippen molar-refractivity contribution in [3.8, 4) is 6.07 Å². The Balaban J connectivity index is 2.26. The number of rotatable bonds is 18. The van der Waals surface area contributed by atoms with Crippen LogP contribution in [0.5, 0.6) is 0 Å². The highest BCUT2D eigenvalue weighted by Crippen LogP contribution is 2.29. The van der Waals surface area contributed by atoms with E-state index >= 15 is 0 Å². The molecule has 2 unspecified atom stereocenters. The zero-order valence-electron chi connectivity index (χ0n) is 26.5. The number of hydrogen-bond acceptors (Lipinski definition) is 6. The van der Waals surface area contributed by atoms with E-state index < -0.39 is 0 Å². The van der Waals surface area contributed by atoms with Crippen LogP contribution >= 0.6 is 0 Å². The minimum absolute atomic E-state index is 0.0586. The van der Waals surface area contributed by atoms with Crippen LogP contribution in [0.1, 0.15) is 116 Å². The number of carbonyl (C=O) groups is 1. The van der Waals surface area contributed by atoms with Gasteiger partial charge in [-0.1, -0.05) is 79.6 Å². The molecule has 1 heterocycles. The molecule has 226 valence electrons. The number of unbranched alkanes of at least 4 members (excludes halogenated alkanes) is 3. The Labute approximate surface area is 249 Å². The van der Waals surface area contributed by atoms with Crippen molar-refractivity contribution in [3.63, 3.8) is 0 Å². The second kappa shape index (κ2) is 18.3. The van der Waals surface area contributed by atoms with Crippen LogP contribution in [0.3, 0.4) is 0 Å². The van der Waals surface area contributed by atoms with E-state index in [2.05, 4.69) is 55.8 Å². The highest BCUT2D eigenvalue weighted by molar-refractivity contribution is 5.94. The molecular weight excluding hydrogens is 510 g/mol. The van der Waals surface area contributed by atoms with Crippen LogP contribution in [0.2, 0.25) is 0 Å². The molecule has 0 aliphatic carbocycles. The molecule has 0 aromatic heterocycles. The lowest BCUT2D eigenvalue weighted by molar-refractivity contribution is 0.0685. The zero-order chi connectivity index (χ0) is 30.2. The Hall–Kier alpha value is -3.14. The first-order chi connectivity index (χ1) is 19.8. The summed E-state index contributed by atoms with van der Waals surface area (Å²) >= 11 is 0. The number of amides is 1. The molecule has 1 aromatic rings. The molecule has 7 nitrogen and oxygen atoms in total. The number of allylic oxidation sites excluding steroid dienone is 1. The van der Waals surface area contributed by atoms with Crippen molar-refractivity contribution < 1.29 is 9.90 Å². The molecule has 7 heteroatoms. The van der Waals surface area contributed by atoms with Gasteiger partial charge >= 0.3 is 0 Å². The summed E-state index contributed by atoms with van der Waals surface area (Å²) in [5.74, 6) is 1.16. The topological polar surface area (TPSA) is 92.3 Å². The number of nitrogens with zero attached hydrogens (tertiary/aromatic N) is 5. The summed E-state index contributed by atoms with van der Waals surface area (Å²) in [4.78, 5) is 17.7. The van der Waals surface area contributed by atoms with E-state index in [4.69, 9.17) is 0 Å². The summed E-state index contributed by atoms with van der Waals surface area (Å²) in [5.41, 5.74) is 2.81. The van der Waals surface area contributed by atoms with Crippen molar-refractivity contribution in [3.05, 3.63) is 52.6 Å². The number of hydrogen-bond donors (Lipinski definition) is 1.